The molecule has 9 heavy (non-hydrogen) atoms. The summed E-state index contributed by atoms with van der Waals surface area (Å²) in [5.74, 6) is 0.564. The largest absolute Gasteiger partial charge is 0.298 e. The van der Waals surface area contributed by atoms with Crippen molar-refractivity contribution in [2.75, 3.05) is 7.05 Å². The van der Waals surface area contributed by atoms with Gasteiger partial charge in [0.1, 0.15) is 0 Å². The van der Waals surface area contributed by atoms with Gasteiger partial charge in [-0.25, -0.2) is 0 Å². The summed E-state index contributed by atoms with van der Waals surface area (Å²) >= 11 is 0. The van der Waals surface area contributed by atoms with Gasteiger partial charge in [0.05, 0.1) is 0 Å². The lowest BCUT2D eigenvalue weighted by molar-refractivity contribution is 0.767. The molecule has 0 saturated heterocycles. The zero-order valence-electron chi connectivity index (χ0n) is 6.52. The van der Waals surface area contributed by atoms with Crippen LogP contribution in [-0.2, 0) is 0 Å². The Morgan fingerprint density at radius 2 is 2.33 bits per heavy atom. The van der Waals surface area contributed by atoms with Gasteiger partial charge in [0.15, 0.2) is 0 Å². The van der Waals surface area contributed by atoms with E-state index < -0.39 is 0 Å². The van der Waals surface area contributed by atoms with Crippen LogP contribution in [0.5, 0.6) is 0 Å². The third-order valence-electron chi connectivity index (χ3n) is 1.40. The van der Waals surface area contributed by atoms with Gasteiger partial charge in [0, 0.05) is 12.8 Å². The van der Waals surface area contributed by atoms with Gasteiger partial charge in [0.25, 0.3) is 0 Å². The first-order valence-electron chi connectivity index (χ1n) is 3.25. The molecular formula is C8H15N. The fourth-order valence-electron chi connectivity index (χ4n) is 0.641. The average Bonchev–Trinajstić information content (AvgIpc) is 1.87. The molecule has 0 aromatic heterocycles. The summed E-state index contributed by atoms with van der Waals surface area (Å²) in [6, 6.07) is 0. The van der Waals surface area contributed by atoms with E-state index >= 15 is 0 Å². The van der Waals surface area contributed by atoms with Gasteiger partial charge in [-0.3, -0.25) is 4.99 Å². The SMILES string of the molecule is C=CC(C)CC(C)=NC. The van der Waals surface area contributed by atoms with Gasteiger partial charge in [0.2, 0.25) is 0 Å². The van der Waals surface area contributed by atoms with Crippen LogP contribution < -0.4 is 0 Å². The Bertz CT molecular complexity index is 114. The van der Waals surface area contributed by atoms with Gasteiger partial charge < -0.3 is 0 Å². The molecule has 0 saturated carbocycles. The number of allylic oxidation sites excluding steroid dienone is 1. The molecule has 1 unspecified atom stereocenters. The number of nitrogens with zero attached hydrogens (tertiary/aromatic N) is 1. The molecule has 0 aromatic rings. The van der Waals surface area contributed by atoms with Crippen molar-refractivity contribution < 1.29 is 0 Å². The van der Waals surface area contributed by atoms with Crippen LogP contribution in [0.3, 0.4) is 0 Å². The van der Waals surface area contributed by atoms with Crippen molar-refractivity contribution >= 4 is 5.71 Å². The molecule has 0 heterocycles. The maximum absolute atomic E-state index is 4.05. The Morgan fingerprint density at radius 1 is 1.78 bits per heavy atom. The van der Waals surface area contributed by atoms with E-state index in [2.05, 4.69) is 18.5 Å². The van der Waals surface area contributed by atoms with Crippen molar-refractivity contribution in [2.24, 2.45) is 10.9 Å². The highest BCUT2D eigenvalue weighted by Crippen LogP contribution is 2.02. The van der Waals surface area contributed by atoms with Crippen LogP contribution in [0.15, 0.2) is 17.6 Å². The third kappa shape index (κ3) is 3.95. The van der Waals surface area contributed by atoms with Gasteiger partial charge in [-0.05, 0) is 19.3 Å². The zero-order chi connectivity index (χ0) is 7.28. The molecule has 0 bridgehead atoms. The highest BCUT2D eigenvalue weighted by Gasteiger charge is 1.96. The summed E-state index contributed by atoms with van der Waals surface area (Å²) in [6.45, 7) is 7.88. The fourth-order valence-corrected chi connectivity index (χ4v) is 0.641. The minimum Gasteiger partial charge on any atom is -0.298 e. The summed E-state index contributed by atoms with van der Waals surface area (Å²) in [4.78, 5) is 4.05. The summed E-state index contributed by atoms with van der Waals surface area (Å²) < 4.78 is 0. The number of hydrogen-bond acceptors (Lipinski definition) is 1. The second-order valence-electron chi connectivity index (χ2n) is 2.38. The van der Waals surface area contributed by atoms with Crippen molar-refractivity contribution in [3.63, 3.8) is 0 Å². The smallest absolute Gasteiger partial charge is 0.0276 e. The minimum atomic E-state index is 0.564. The van der Waals surface area contributed by atoms with Gasteiger partial charge in [-0.2, -0.15) is 0 Å². The van der Waals surface area contributed by atoms with Crippen LogP contribution in [0.4, 0.5) is 0 Å². The predicted octanol–water partition coefficient (Wildman–Crippen LogP) is 2.29. The van der Waals surface area contributed by atoms with Crippen LogP contribution in [0.2, 0.25) is 0 Å². The van der Waals surface area contributed by atoms with E-state index in [1.165, 1.54) is 5.71 Å². The topological polar surface area (TPSA) is 12.4 Å². The molecule has 0 fully saturated rings. The lowest BCUT2D eigenvalue weighted by Crippen LogP contribution is -1.97. The molecule has 1 nitrogen and oxygen atoms in total. The van der Waals surface area contributed by atoms with Crippen LogP contribution >= 0.6 is 0 Å². The maximum atomic E-state index is 4.05. The summed E-state index contributed by atoms with van der Waals surface area (Å²) in [7, 11) is 1.82. The van der Waals surface area contributed by atoms with Crippen LogP contribution in [0, 0.1) is 5.92 Å². The Morgan fingerprint density at radius 3 is 2.67 bits per heavy atom. The standard InChI is InChI=1S/C8H15N/c1-5-7(2)6-8(3)9-4/h5,7H,1,6H2,2-4H3. The van der Waals surface area contributed by atoms with Crippen LogP contribution in [0.1, 0.15) is 20.3 Å². The highest BCUT2D eigenvalue weighted by molar-refractivity contribution is 5.82. The molecule has 0 aliphatic heterocycles. The van der Waals surface area contributed by atoms with Crippen LogP contribution in [-0.4, -0.2) is 12.8 Å². The molecule has 52 valence electrons. The first-order chi connectivity index (χ1) is 4.20. The molecular weight excluding hydrogens is 110 g/mol. The molecule has 1 atom stereocenters. The molecule has 0 aliphatic carbocycles. The van der Waals surface area contributed by atoms with Crippen LogP contribution in [0.25, 0.3) is 0 Å². The quantitative estimate of drug-likeness (QED) is 0.405. The summed E-state index contributed by atoms with van der Waals surface area (Å²) in [5.41, 5.74) is 1.20. The summed E-state index contributed by atoms with van der Waals surface area (Å²) in [5, 5.41) is 0. The number of hydrogen-bond donors (Lipinski definition) is 0. The average molecular weight is 125 g/mol. The Balaban J connectivity index is 3.59. The molecule has 0 amide bonds. The van der Waals surface area contributed by atoms with Crippen molar-refractivity contribution in [1.29, 1.82) is 0 Å². The second kappa shape index (κ2) is 4.30. The lowest BCUT2D eigenvalue weighted by Gasteiger charge is -2.02. The van der Waals surface area contributed by atoms with E-state index in [1.807, 2.05) is 20.0 Å². The lowest BCUT2D eigenvalue weighted by atomic mass is 10.1. The first kappa shape index (κ1) is 8.41. The predicted molar refractivity (Wildman–Crippen MR) is 43.0 cm³/mol. The first-order valence-corrected chi connectivity index (χ1v) is 3.25. The maximum Gasteiger partial charge on any atom is 0.0276 e. The highest BCUT2D eigenvalue weighted by atomic mass is 14.7. The van der Waals surface area contributed by atoms with Gasteiger partial charge >= 0.3 is 0 Å². The van der Waals surface area contributed by atoms with E-state index in [0.29, 0.717) is 5.92 Å². The normalized spacial score (nSPS) is 15.2. The van der Waals surface area contributed by atoms with Crippen molar-refractivity contribution in [2.45, 2.75) is 20.3 Å². The zero-order valence-corrected chi connectivity index (χ0v) is 6.52. The molecule has 0 spiro atoms. The van der Waals surface area contributed by atoms with E-state index in [1.54, 1.807) is 0 Å². The minimum absolute atomic E-state index is 0.564. The second-order valence-corrected chi connectivity index (χ2v) is 2.38. The van der Waals surface area contributed by atoms with E-state index in [-0.39, 0.29) is 0 Å². The van der Waals surface area contributed by atoms with E-state index in [4.69, 9.17) is 0 Å². The number of aliphatic imine (C=N–C) groups is 1. The molecule has 1 heteroatoms. The Hall–Kier alpha value is -0.590. The Kier molecular flexibility index (Phi) is 4.02. The molecule has 0 rings (SSSR count). The Labute approximate surface area is 57.5 Å². The van der Waals surface area contributed by atoms with Gasteiger partial charge in [-0.15, -0.1) is 6.58 Å². The summed E-state index contributed by atoms with van der Waals surface area (Å²) in [6.07, 6.45) is 2.99. The van der Waals surface area contributed by atoms with Crippen molar-refractivity contribution in [3.8, 4) is 0 Å². The molecule has 0 aromatic carbocycles. The van der Waals surface area contributed by atoms with Crippen molar-refractivity contribution in [3.05, 3.63) is 12.7 Å². The van der Waals surface area contributed by atoms with E-state index in [9.17, 15) is 0 Å². The molecule has 0 radical (unpaired) electrons. The van der Waals surface area contributed by atoms with E-state index in [0.717, 1.165) is 6.42 Å². The molecule has 0 aliphatic rings. The van der Waals surface area contributed by atoms with Crippen molar-refractivity contribution in [1.82, 2.24) is 0 Å². The molecule has 0 N–H and O–H groups in total. The number of rotatable bonds is 3. The third-order valence-corrected chi connectivity index (χ3v) is 1.40. The van der Waals surface area contributed by atoms with Gasteiger partial charge in [-0.1, -0.05) is 13.0 Å². The monoisotopic (exact) mass is 125 g/mol. The fraction of sp³-hybridized carbons (Fsp3) is 0.625.